The van der Waals surface area contributed by atoms with Crippen LogP contribution < -0.4 is 24.8 Å². The summed E-state index contributed by atoms with van der Waals surface area (Å²) < 4.78 is 16.1. The molecular formula is C21H26N2O3S. The standard InChI is InChI=1S/C21H26N2O3S/c1-4-13-26-18-9-5-8-17(15-18)23-21(27)22-12-6-7-16-10-11-19(24-2)20(14-16)25-3/h4-5,8-11,14-15H,1,6-7,12-13H2,2-3H3,(H2,22,23,27). The zero-order valence-electron chi connectivity index (χ0n) is 15.8. The van der Waals surface area contributed by atoms with Gasteiger partial charge in [-0.25, -0.2) is 0 Å². The summed E-state index contributed by atoms with van der Waals surface area (Å²) in [6, 6.07) is 13.6. The van der Waals surface area contributed by atoms with Crippen molar-refractivity contribution >= 4 is 23.0 Å². The molecule has 2 aromatic carbocycles. The molecule has 2 rings (SSSR count). The van der Waals surface area contributed by atoms with E-state index in [0.29, 0.717) is 11.7 Å². The predicted octanol–water partition coefficient (Wildman–Crippen LogP) is 4.19. The first kappa shape index (κ1) is 20.6. The molecule has 0 saturated heterocycles. The van der Waals surface area contributed by atoms with Gasteiger partial charge < -0.3 is 24.8 Å². The van der Waals surface area contributed by atoms with Crippen molar-refractivity contribution in [2.45, 2.75) is 12.8 Å². The predicted molar refractivity (Wildman–Crippen MR) is 114 cm³/mol. The van der Waals surface area contributed by atoms with Crippen LogP contribution in [0.5, 0.6) is 17.2 Å². The Morgan fingerprint density at radius 3 is 2.67 bits per heavy atom. The molecule has 0 aromatic heterocycles. The van der Waals surface area contributed by atoms with Crippen molar-refractivity contribution < 1.29 is 14.2 Å². The molecule has 0 atom stereocenters. The van der Waals surface area contributed by atoms with Crippen LogP contribution in [0.15, 0.2) is 55.1 Å². The second-order valence-electron chi connectivity index (χ2n) is 5.80. The SMILES string of the molecule is C=CCOc1cccc(NC(=S)NCCCc2ccc(OC)c(OC)c2)c1. The molecule has 5 nitrogen and oxygen atoms in total. The van der Waals surface area contributed by atoms with Crippen LogP contribution in [-0.4, -0.2) is 32.5 Å². The minimum atomic E-state index is 0.474. The zero-order valence-corrected chi connectivity index (χ0v) is 16.6. The van der Waals surface area contributed by atoms with Crippen molar-refractivity contribution in [3.05, 3.63) is 60.7 Å². The van der Waals surface area contributed by atoms with Crippen LogP contribution in [0.4, 0.5) is 5.69 Å². The fraction of sp³-hybridized carbons (Fsp3) is 0.286. The van der Waals surface area contributed by atoms with E-state index in [2.05, 4.69) is 17.2 Å². The lowest BCUT2D eigenvalue weighted by Gasteiger charge is -2.12. The Bertz CT molecular complexity index is 765. The van der Waals surface area contributed by atoms with Crippen molar-refractivity contribution in [3.8, 4) is 17.2 Å². The molecule has 144 valence electrons. The quantitative estimate of drug-likeness (QED) is 0.363. The third kappa shape index (κ3) is 6.83. The first-order valence-electron chi connectivity index (χ1n) is 8.75. The van der Waals surface area contributed by atoms with E-state index in [1.165, 1.54) is 5.56 Å². The first-order chi connectivity index (χ1) is 13.2. The van der Waals surface area contributed by atoms with Gasteiger partial charge in [-0.15, -0.1) is 0 Å². The summed E-state index contributed by atoms with van der Waals surface area (Å²) in [4.78, 5) is 0. The third-order valence-electron chi connectivity index (χ3n) is 3.84. The molecule has 0 unspecified atom stereocenters. The van der Waals surface area contributed by atoms with Crippen LogP contribution in [0.25, 0.3) is 0 Å². The maximum Gasteiger partial charge on any atom is 0.170 e. The topological polar surface area (TPSA) is 51.8 Å². The molecule has 0 aliphatic carbocycles. The van der Waals surface area contributed by atoms with Crippen LogP contribution >= 0.6 is 12.2 Å². The Balaban J connectivity index is 1.75. The Hall–Kier alpha value is -2.73. The third-order valence-corrected chi connectivity index (χ3v) is 4.08. The number of methoxy groups -OCH3 is 2. The lowest BCUT2D eigenvalue weighted by Crippen LogP contribution is -2.29. The van der Waals surface area contributed by atoms with Crippen molar-refractivity contribution in [1.82, 2.24) is 5.32 Å². The molecule has 2 aromatic rings. The number of thiocarbonyl (C=S) groups is 1. The van der Waals surface area contributed by atoms with Gasteiger partial charge in [0.05, 0.1) is 14.2 Å². The van der Waals surface area contributed by atoms with Crippen molar-refractivity contribution in [3.63, 3.8) is 0 Å². The largest absolute Gasteiger partial charge is 0.493 e. The highest BCUT2D eigenvalue weighted by Crippen LogP contribution is 2.27. The molecule has 27 heavy (non-hydrogen) atoms. The molecule has 2 N–H and O–H groups in total. The van der Waals surface area contributed by atoms with Gasteiger partial charge in [0.15, 0.2) is 16.6 Å². The van der Waals surface area contributed by atoms with E-state index in [1.807, 2.05) is 42.5 Å². The fourth-order valence-electron chi connectivity index (χ4n) is 2.52. The highest BCUT2D eigenvalue weighted by molar-refractivity contribution is 7.80. The van der Waals surface area contributed by atoms with E-state index >= 15 is 0 Å². The smallest absolute Gasteiger partial charge is 0.170 e. The number of hydrogen-bond acceptors (Lipinski definition) is 4. The normalized spacial score (nSPS) is 10.0. The maximum absolute atomic E-state index is 5.52. The zero-order chi connectivity index (χ0) is 19.5. The Kier molecular flexibility index (Phi) is 8.45. The van der Waals surface area contributed by atoms with E-state index in [0.717, 1.165) is 42.3 Å². The Labute approximate surface area is 166 Å². The number of hydrogen-bond donors (Lipinski definition) is 2. The Morgan fingerprint density at radius 1 is 1.11 bits per heavy atom. The van der Waals surface area contributed by atoms with E-state index in [9.17, 15) is 0 Å². The molecule has 0 saturated carbocycles. The minimum absolute atomic E-state index is 0.474. The number of ether oxygens (including phenoxy) is 3. The number of rotatable bonds is 10. The fourth-order valence-corrected chi connectivity index (χ4v) is 2.74. The van der Waals surface area contributed by atoms with E-state index in [-0.39, 0.29) is 0 Å². The summed E-state index contributed by atoms with van der Waals surface area (Å²) >= 11 is 5.35. The highest BCUT2D eigenvalue weighted by atomic mass is 32.1. The van der Waals surface area contributed by atoms with Gasteiger partial charge in [0, 0.05) is 18.3 Å². The van der Waals surface area contributed by atoms with Crippen LogP contribution in [-0.2, 0) is 6.42 Å². The van der Waals surface area contributed by atoms with Crippen molar-refractivity contribution in [2.75, 3.05) is 32.7 Å². The maximum atomic E-state index is 5.52. The highest BCUT2D eigenvalue weighted by Gasteiger charge is 2.05. The summed E-state index contributed by atoms with van der Waals surface area (Å²) in [5, 5.41) is 6.98. The van der Waals surface area contributed by atoms with Crippen LogP contribution in [0.1, 0.15) is 12.0 Å². The van der Waals surface area contributed by atoms with Crippen LogP contribution in [0.3, 0.4) is 0 Å². The molecule has 0 amide bonds. The number of benzene rings is 2. The molecule has 0 spiro atoms. The molecule has 0 radical (unpaired) electrons. The van der Waals surface area contributed by atoms with E-state index < -0.39 is 0 Å². The molecule has 6 heteroatoms. The lowest BCUT2D eigenvalue weighted by atomic mass is 10.1. The van der Waals surface area contributed by atoms with Gasteiger partial charge in [-0.1, -0.05) is 24.8 Å². The van der Waals surface area contributed by atoms with Gasteiger partial charge in [-0.3, -0.25) is 0 Å². The van der Waals surface area contributed by atoms with Crippen LogP contribution in [0.2, 0.25) is 0 Å². The second-order valence-corrected chi connectivity index (χ2v) is 6.21. The van der Waals surface area contributed by atoms with E-state index in [4.69, 9.17) is 26.4 Å². The average Bonchev–Trinajstić information content (AvgIpc) is 2.69. The van der Waals surface area contributed by atoms with E-state index in [1.54, 1.807) is 20.3 Å². The number of nitrogens with one attached hydrogen (secondary N) is 2. The minimum Gasteiger partial charge on any atom is -0.493 e. The first-order valence-corrected chi connectivity index (χ1v) is 9.16. The van der Waals surface area contributed by atoms with Crippen molar-refractivity contribution in [2.24, 2.45) is 0 Å². The summed E-state index contributed by atoms with van der Waals surface area (Å²) in [6.45, 7) is 4.89. The molecule has 0 aliphatic rings. The lowest BCUT2D eigenvalue weighted by molar-refractivity contribution is 0.354. The monoisotopic (exact) mass is 386 g/mol. The summed E-state index contributed by atoms with van der Waals surface area (Å²) in [7, 11) is 3.28. The Morgan fingerprint density at radius 2 is 1.93 bits per heavy atom. The van der Waals surface area contributed by atoms with Gasteiger partial charge in [0.25, 0.3) is 0 Å². The molecule has 0 fully saturated rings. The molecule has 0 bridgehead atoms. The van der Waals surface area contributed by atoms with Gasteiger partial charge >= 0.3 is 0 Å². The van der Waals surface area contributed by atoms with Crippen molar-refractivity contribution in [1.29, 1.82) is 0 Å². The molecule has 0 heterocycles. The van der Waals surface area contributed by atoms with Gasteiger partial charge in [-0.2, -0.15) is 0 Å². The van der Waals surface area contributed by atoms with Gasteiger partial charge in [0.1, 0.15) is 12.4 Å². The van der Waals surface area contributed by atoms with Gasteiger partial charge in [-0.05, 0) is 54.9 Å². The number of anilines is 1. The summed E-state index contributed by atoms with van der Waals surface area (Å²) in [6.07, 6.45) is 3.57. The second kappa shape index (κ2) is 11.1. The summed E-state index contributed by atoms with van der Waals surface area (Å²) in [5.41, 5.74) is 2.08. The van der Waals surface area contributed by atoms with Crippen LogP contribution in [0, 0.1) is 0 Å². The molecular weight excluding hydrogens is 360 g/mol. The average molecular weight is 387 g/mol. The summed E-state index contributed by atoms with van der Waals surface area (Å²) in [5.74, 6) is 2.26. The van der Waals surface area contributed by atoms with Gasteiger partial charge in [0.2, 0.25) is 0 Å². The number of aryl methyl sites for hydroxylation is 1. The molecule has 0 aliphatic heterocycles.